The van der Waals surface area contributed by atoms with E-state index in [2.05, 4.69) is 47.3 Å². The molecule has 2 aliphatic rings. The van der Waals surface area contributed by atoms with Gasteiger partial charge in [0.05, 0.1) is 19.3 Å². The van der Waals surface area contributed by atoms with E-state index in [0.717, 1.165) is 44.2 Å². The third kappa shape index (κ3) is 4.68. The summed E-state index contributed by atoms with van der Waals surface area (Å²) in [6.07, 6.45) is 2.58. The molecule has 0 bridgehead atoms. The van der Waals surface area contributed by atoms with Crippen molar-refractivity contribution in [2.24, 2.45) is 4.99 Å². The summed E-state index contributed by atoms with van der Waals surface area (Å²) < 4.78 is 17.7. The summed E-state index contributed by atoms with van der Waals surface area (Å²) in [4.78, 5) is 6.69. The highest BCUT2D eigenvalue weighted by Gasteiger charge is 2.32. The van der Waals surface area contributed by atoms with Crippen LogP contribution in [-0.2, 0) is 9.47 Å². The van der Waals surface area contributed by atoms with Crippen LogP contribution < -0.4 is 10.1 Å². The van der Waals surface area contributed by atoms with Crippen molar-refractivity contribution in [1.29, 1.82) is 0 Å². The monoisotopic (exact) mass is 361 g/mol. The number of aryl methyl sites for hydroxylation is 2. The van der Waals surface area contributed by atoms with Crippen molar-refractivity contribution < 1.29 is 14.2 Å². The maximum atomic E-state index is 5.97. The molecule has 1 aromatic carbocycles. The lowest BCUT2D eigenvalue weighted by atomic mass is 10.1. The number of guanidine groups is 1. The molecule has 0 aromatic heterocycles. The first-order valence-electron chi connectivity index (χ1n) is 9.57. The Kier molecular flexibility index (Phi) is 6.74. The van der Waals surface area contributed by atoms with Crippen molar-refractivity contribution >= 4 is 5.96 Å². The highest BCUT2D eigenvalue weighted by atomic mass is 16.5. The molecule has 0 spiro atoms. The Morgan fingerprint density at radius 3 is 2.69 bits per heavy atom. The number of hydrogen-bond acceptors (Lipinski definition) is 4. The number of nitrogens with zero attached hydrogens (tertiary/aromatic N) is 2. The predicted octanol–water partition coefficient (Wildman–Crippen LogP) is 2.14. The average Bonchev–Trinajstić information content (AvgIpc) is 3.19. The van der Waals surface area contributed by atoms with Crippen molar-refractivity contribution in [3.63, 3.8) is 0 Å². The molecular weight excluding hydrogens is 330 g/mol. The fourth-order valence-electron chi connectivity index (χ4n) is 3.66. The van der Waals surface area contributed by atoms with E-state index in [1.807, 2.05) is 7.05 Å². The lowest BCUT2D eigenvalue weighted by Gasteiger charge is -2.37. The minimum absolute atomic E-state index is 0.135. The highest BCUT2D eigenvalue weighted by molar-refractivity contribution is 5.80. The second-order valence-electron chi connectivity index (χ2n) is 6.95. The van der Waals surface area contributed by atoms with Gasteiger partial charge in [0.25, 0.3) is 0 Å². The fraction of sp³-hybridized carbons (Fsp3) is 0.650. The minimum atomic E-state index is 0.135. The van der Waals surface area contributed by atoms with Gasteiger partial charge in [0, 0.05) is 26.7 Å². The molecule has 2 fully saturated rings. The van der Waals surface area contributed by atoms with E-state index in [0.29, 0.717) is 19.8 Å². The quantitative estimate of drug-likeness (QED) is 0.495. The molecular formula is C20H31N3O3. The van der Waals surface area contributed by atoms with Crippen LogP contribution in [0.3, 0.4) is 0 Å². The number of morpholine rings is 1. The summed E-state index contributed by atoms with van der Waals surface area (Å²) in [5.74, 6) is 1.88. The maximum Gasteiger partial charge on any atom is 0.193 e. The van der Waals surface area contributed by atoms with Gasteiger partial charge in [-0.3, -0.25) is 4.99 Å². The molecule has 6 heteroatoms. The summed E-state index contributed by atoms with van der Waals surface area (Å²) in [7, 11) is 1.82. The van der Waals surface area contributed by atoms with Gasteiger partial charge in [-0.1, -0.05) is 18.2 Å². The molecule has 1 N–H and O–H groups in total. The Labute approximate surface area is 156 Å². The van der Waals surface area contributed by atoms with Crippen LogP contribution in [0.15, 0.2) is 23.2 Å². The van der Waals surface area contributed by atoms with Crippen molar-refractivity contribution in [1.82, 2.24) is 10.2 Å². The van der Waals surface area contributed by atoms with E-state index in [1.165, 1.54) is 11.1 Å². The van der Waals surface area contributed by atoms with E-state index in [9.17, 15) is 0 Å². The third-order valence-electron chi connectivity index (χ3n) is 5.02. The molecule has 6 nitrogen and oxygen atoms in total. The SMILES string of the molecule is CN=C(NCCOc1c(C)cccc1C)N1CCOC(C2CCCO2)C1. The summed E-state index contributed by atoms with van der Waals surface area (Å²) in [6, 6.07) is 6.21. The maximum absolute atomic E-state index is 5.97. The van der Waals surface area contributed by atoms with Gasteiger partial charge in [-0.05, 0) is 37.8 Å². The van der Waals surface area contributed by atoms with Gasteiger partial charge in [-0.15, -0.1) is 0 Å². The minimum Gasteiger partial charge on any atom is -0.491 e. The number of nitrogens with one attached hydrogen (secondary N) is 1. The Hall–Kier alpha value is -1.79. The molecule has 2 atom stereocenters. The molecule has 1 aromatic rings. The summed E-state index contributed by atoms with van der Waals surface area (Å²) in [5, 5.41) is 3.41. The predicted molar refractivity (Wildman–Crippen MR) is 103 cm³/mol. The lowest BCUT2D eigenvalue weighted by Crippen LogP contribution is -2.53. The number of hydrogen-bond donors (Lipinski definition) is 1. The van der Waals surface area contributed by atoms with E-state index in [4.69, 9.17) is 14.2 Å². The van der Waals surface area contributed by atoms with Crippen LogP contribution in [0.25, 0.3) is 0 Å². The molecule has 2 unspecified atom stereocenters. The van der Waals surface area contributed by atoms with Crippen LogP contribution in [0.1, 0.15) is 24.0 Å². The van der Waals surface area contributed by atoms with Crippen LogP contribution in [0.2, 0.25) is 0 Å². The molecule has 2 saturated heterocycles. The van der Waals surface area contributed by atoms with Gasteiger partial charge in [-0.2, -0.15) is 0 Å². The zero-order valence-electron chi connectivity index (χ0n) is 16.2. The normalized spacial score (nSPS) is 24.0. The van der Waals surface area contributed by atoms with Gasteiger partial charge < -0.3 is 24.4 Å². The molecule has 3 rings (SSSR count). The van der Waals surface area contributed by atoms with Crippen LogP contribution in [-0.4, -0.2) is 69.6 Å². The van der Waals surface area contributed by atoms with Gasteiger partial charge >= 0.3 is 0 Å². The zero-order chi connectivity index (χ0) is 18.4. The van der Waals surface area contributed by atoms with Gasteiger partial charge in [0.15, 0.2) is 5.96 Å². The highest BCUT2D eigenvalue weighted by Crippen LogP contribution is 2.22. The first kappa shape index (κ1) is 19.0. The van der Waals surface area contributed by atoms with Crippen LogP contribution >= 0.6 is 0 Å². The summed E-state index contributed by atoms with van der Waals surface area (Å²) in [5.41, 5.74) is 2.34. The molecule has 0 radical (unpaired) electrons. The van der Waals surface area contributed by atoms with E-state index in [-0.39, 0.29) is 12.2 Å². The number of ether oxygens (including phenoxy) is 3. The smallest absolute Gasteiger partial charge is 0.193 e. The first-order valence-corrected chi connectivity index (χ1v) is 9.57. The summed E-state index contributed by atoms with van der Waals surface area (Å²) in [6.45, 7) is 8.70. The van der Waals surface area contributed by atoms with Crippen molar-refractivity contribution in [2.45, 2.75) is 38.9 Å². The molecule has 2 aliphatic heterocycles. The van der Waals surface area contributed by atoms with Gasteiger partial charge in [0.2, 0.25) is 0 Å². The van der Waals surface area contributed by atoms with Crippen LogP contribution in [0.4, 0.5) is 0 Å². The topological polar surface area (TPSA) is 55.3 Å². The zero-order valence-corrected chi connectivity index (χ0v) is 16.2. The molecule has 0 amide bonds. The van der Waals surface area contributed by atoms with Crippen LogP contribution in [0, 0.1) is 13.8 Å². The van der Waals surface area contributed by atoms with Crippen LogP contribution in [0.5, 0.6) is 5.75 Å². The second-order valence-corrected chi connectivity index (χ2v) is 6.95. The Bertz CT molecular complexity index is 594. The number of rotatable bonds is 5. The lowest BCUT2D eigenvalue weighted by molar-refractivity contribution is -0.0817. The molecule has 0 saturated carbocycles. The van der Waals surface area contributed by atoms with Gasteiger partial charge in [0.1, 0.15) is 18.5 Å². The first-order chi connectivity index (χ1) is 12.7. The number of para-hydroxylation sites is 1. The Morgan fingerprint density at radius 1 is 1.23 bits per heavy atom. The molecule has 144 valence electrons. The average molecular weight is 361 g/mol. The van der Waals surface area contributed by atoms with E-state index >= 15 is 0 Å². The Balaban J connectivity index is 1.47. The molecule has 0 aliphatic carbocycles. The van der Waals surface area contributed by atoms with Crippen molar-refractivity contribution in [3.8, 4) is 5.75 Å². The van der Waals surface area contributed by atoms with E-state index < -0.39 is 0 Å². The molecule has 26 heavy (non-hydrogen) atoms. The number of benzene rings is 1. The van der Waals surface area contributed by atoms with Gasteiger partial charge in [-0.25, -0.2) is 0 Å². The largest absolute Gasteiger partial charge is 0.491 e. The fourth-order valence-corrected chi connectivity index (χ4v) is 3.66. The second kappa shape index (κ2) is 9.24. The standard InChI is InChI=1S/C20H31N3O3/c1-15-6-4-7-16(2)19(15)26-12-9-22-20(21-3)23-10-13-25-18(14-23)17-8-5-11-24-17/h4,6-7,17-18H,5,8-14H2,1-3H3,(H,21,22). The Morgan fingerprint density at radius 2 is 2.00 bits per heavy atom. The molecule has 2 heterocycles. The number of aliphatic imine (C=N–C) groups is 1. The van der Waals surface area contributed by atoms with Crippen molar-refractivity contribution in [2.75, 3.05) is 46.5 Å². The third-order valence-corrected chi connectivity index (χ3v) is 5.02. The van der Waals surface area contributed by atoms with Crippen molar-refractivity contribution in [3.05, 3.63) is 29.3 Å². The summed E-state index contributed by atoms with van der Waals surface area (Å²) >= 11 is 0. The van der Waals surface area contributed by atoms with E-state index in [1.54, 1.807) is 0 Å².